The van der Waals surface area contributed by atoms with Gasteiger partial charge in [0.15, 0.2) is 18.7 Å². The normalized spacial score (nSPS) is 28.9. The molecule has 1 aromatic heterocycles. The molecule has 0 spiro atoms. The van der Waals surface area contributed by atoms with Crippen molar-refractivity contribution in [2.24, 2.45) is 11.8 Å². The maximum absolute atomic E-state index is 12.2. The second-order valence-electron chi connectivity index (χ2n) is 10.6. The quantitative estimate of drug-likeness (QED) is 0.123. The van der Waals surface area contributed by atoms with Gasteiger partial charge >= 0.3 is 17.9 Å². The average molecular weight is 629 g/mol. The zero-order chi connectivity index (χ0) is 32.8. The number of aromatic carboxylic acids is 1. The van der Waals surface area contributed by atoms with E-state index in [0.717, 1.165) is 6.26 Å². The van der Waals surface area contributed by atoms with E-state index < -0.39 is 79.4 Å². The van der Waals surface area contributed by atoms with Crippen LogP contribution in [0.5, 0.6) is 0 Å². The third kappa shape index (κ3) is 7.62. The van der Waals surface area contributed by atoms with E-state index in [9.17, 15) is 50.1 Å². The highest BCUT2D eigenvalue weighted by Gasteiger charge is 2.47. The van der Waals surface area contributed by atoms with Crippen LogP contribution in [-0.4, -0.2) is 97.3 Å². The minimum absolute atomic E-state index is 0.0639. The molecule has 1 fully saturated rings. The van der Waals surface area contributed by atoms with E-state index >= 15 is 0 Å². The molecule has 3 heterocycles. The molecule has 0 amide bonds. The number of carboxylic acid groups (broad SMARTS) is 3. The Balaban J connectivity index is 1.66. The maximum Gasteiger partial charge on any atom is 0.373 e. The Labute approximate surface area is 257 Å². The highest BCUT2D eigenvalue weighted by atomic mass is 16.8. The zero-order valence-corrected chi connectivity index (χ0v) is 23.8. The maximum atomic E-state index is 12.2. The first kappa shape index (κ1) is 33.5. The second-order valence-corrected chi connectivity index (χ2v) is 10.6. The smallest absolute Gasteiger partial charge is 0.373 e. The number of aliphatic hydroxyl groups excluding tert-OH is 4. The number of allylic oxidation sites excluding steroid dienone is 1. The predicted molar refractivity (Wildman–Crippen MR) is 152 cm³/mol. The van der Waals surface area contributed by atoms with Crippen molar-refractivity contribution in [2.75, 3.05) is 6.61 Å². The van der Waals surface area contributed by atoms with Crippen LogP contribution in [0, 0.1) is 11.8 Å². The van der Waals surface area contributed by atoms with Gasteiger partial charge in [0.2, 0.25) is 6.29 Å². The number of aliphatic carboxylic acids is 2. The topological polar surface area (TPSA) is 224 Å². The van der Waals surface area contributed by atoms with Gasteiger partial charge in [-0.15, -0.1) is 6.58 Å². The van der Waals surface area contributed by atoms with Crippen LogP contribution in [0.1, 0.15) is 27.5 Å². The number of hydrogen-bond acceptors (Lipinski definition) is 10. The number of pyridine rings is 1. The van der Waals surface area contributed by atoms with Gasteiger partial charge in [-0.1, -0.05) is 48.6 Å². The van der Waals surface area contributed by atoms with Crippen LogP contribution in [-0.2, 0) is 30.2 Å². The summed E-state index contributed by atoms with van der Waals surface area (Å²) in [6, 6.07) is 8.94. The van der Waals surface area contributed by atoms with Gasteiger partial charge in [0.25, 0.3) is 6.04 Å². The molecule has 14 nitrogen and oxygen atoms in total. The van der Waals surface area contributed by atoms with Crippen molar-refractivity contribution in [3.63, 3.8) is 0 Å². The van der Waals surface area contributed by atoms with Crippen molar-refractivity contribution in [3.05, 3.63) is 96.0 Å². The number of hydrogen-bond donors (Lipinski definition) is 7. The van der Waals surface area contributed by atoms with Gasteiger partial charge in [-0.3, -0.25) is 0 Å². The molecule has 0 radical (unpaired) electrons. The lowest BCUT2D eigenvalue weighted by molar-refractivity contribution is -0.710. The Kier molecular flexibility index (Phi) is 10.8. The van der Waals surface area contributed by atoms with Gasteiger partial charge in [-0.05, 0) is 11.6 Å². The van der Waals surface area contributed by atoms with E-state index in [2.05, 4.69) is 6.58 Å². The SMILES string of the molecule is C=C[C@H]1[C@H](O[C@@H]2O[C@H](CO)[C@@H](O)[C@H](O)[C@H]2O)OC=C(C(=O)O)[C@H]1/C=C/c1cc(C(=O)O)c[n+]([C@H](Cc2ccccc2)C(=O)O)c1. The first-order valence-corrected chi connectivity index (χ1v) is 13.9. The van der Waals surface area contributed by atoms with Gasteiger partial charge in [0, 0.05) is 17.9 Å². The Morgan fingerprint density at radius 3 is 2.29 bits per heavy atom. The van der Waals surface area contributed by atoms with Crippen molar-refractivity contribution in [3.8, 4) is 0 Å². The summed E-state index contributed by atoms with van der Waals surface area (Å²) in [4.78, 5) is 36.3. The Morgan fingerprint density at radius 2 is 1.69 bits per heavy atom. The van der Waals surface area contributed by atoms with Crippen molar-refractivity contribution in [1.82, 2.24) is 0 Å². The molecule has 2 aliphatic rings. The van der Waals surface area contributed by atoms with E-state index in [1.54, 1.807) is 30.3 Å². The molecule has 1 aromatic carbocycles. The molecule has 45 heavy (non-hydrogen) atoms. The number of benzene rings is 1. The molecular weight excluding hydrogens is 594 g/mol. The lowest BCUT2D eigenvalue weighted by atomic mass is 9.83. The largest absolute Gasteiger partial charge is 0.478 e. The summed E-state index contributed by atoms with van der Waals surface area (Å²) in [7, 11) is 0. The number of ether oxygens (including phenoxy) is 3. The molecule has 2 aliphatic heterocycles. The highest BCUT2D eigenvalue weighted by molar-refractivity contribution is 5.88. The van der Waals surface area contributed by atoms with E-state index in [-0.39, 0.29) is 23.1 Å². The molecule has 4 rings (SSSR count). The zero-order valence-electron chi connectivity index (χ0n) is 23.8. The van der Waals surface area contributed by atoms with Gasteiger partial charge in [0.1, 0.15) is 30.0 Å². The summed E-state index contributed by atoms with van der Waals surface area (Å²) >= 11 is 0. The van der Waals surface area contributed by atoms with E-state index in [4.69, 9.17) is 14.2 Å². The minimum atomic E-state index is -1.75. The highest BCUT2D eigenvalue weighted by Crippen LogP contribution is 2.36. The molecule has 9 atom stereocenters. The fraction of sp³-hybridized carbons (Fsp3) is 0.355. The molecule has 240 valence electrons. The molecule has 0 bridgehead atoms. The van der Waals surface area contributed by atoms with Gasteiger partial charge in [0.05, 0.1) is 24.4 Å². The van der Waals surface area contributed by atoms with Crippen LogP contribution in [0.15, 0.2) is 79.4 Å². The average Bonchev–Trinajstić information content (AvgIpc) is 3.02. The summed E-state index contributed by atoms with van der Waals surface area (Å²) in [6.45, 7) is 3.05. The van der Waals surface area contributed by atoms with Gasteiger partial charge in [-0.25, -0.2) is 14.4 Å². The van der Waals surface area contributed by atoms with Crippen LogP contribution in [0.2, 0.25) is 0 Å². The standard InChI is InChI=1S/C31H33NO13/c1-2-19-20(21(28(39)40)15-43-30(19)45-31-26(36)25(35)24(34)23(14-33)44-31)9-8-17-10-18(27(37)38)13-32(12-17)22(29(41)42)11-16-6-4-3-5-7-16/h2-10,12-13,15,19-20,22-26,30-31,33-36H,1,11,14H2,(H2-,37,38,39,40,41,42)/p+1/b9-8+/t19-,20+,22-,23-,24-,25+,26-,30+,31+/m1/s1. The van der Waals surface area contributed by atoms with E-state index in [1.807, 2.05) is 0 Å². The van der Waals surface area contributed by atoms with Crippen LogP contribution >= 0.6 is 0 Å². The fourth-order valence-electron chi connectivity index (χ4n) is 5.19. The Bertz CT molecular complexity index is 1460. The second kappa shape index (κ2) is 14.6. The van der Waals surface area contributed by atoms with Crippen LogP contribution < -0.4 is 4.57 Å². The number of aromatic nitrogens is 1. The van der Waals surface area contributed by atoms with Crippen LogP contribution in [0.4, 0.5) is 0 Å². The minimum Gasteiger partial charge on any atom is -0.478 e. The molecule has 0 saturated carbocycles. The number of aliphatic hydroxyl groups is 4. The molecule has 0 unspecified atom stereocenters. The van der Waals surface area contributed by atoms with Crippen molar-refractivity contribution in [1.29, 1.82) is 0 Å². The summed E-state index contributed by atoms with van der Waals surface area (Å²) in [5.41, 5.74) is 0.536. The van der Waals surface area contributed by atoms with Crippen LogP contribution in [0.3, 0.4) is 0 Å². The Morgan fingerprint density at radius 1 is 0.978 bits per heavy atom. The lowest BCUT2D eigenvalue weighted by Gasteiger charge is -2.42. The number of carboxylic acids is 3. The van der Waals surface area contributed by atoms with Gasteiger partial charge in [-0.2, -0.15) is 4.57 Å². The monoisotopic (exact) mass is 628 g/mol. The summed E-state index contributed by atoms with van der Waals surface area (Å²) < 4.78 is 17.9. The first-order chi connectivity index (χ1) is 21.4. The molecule has 14 heteroatoms. The van der Waals surface area contributed by atoms with Crippen molar-refractivity contribution < 1.29 is 68.9 Å². The van der Waals surface area contributed by atoms with Gasteiger partial charge < -0.3 is 50.0 Å². The summed E-state index contributed by atoms with van der Waals surface area (Å²) in [6.07, 6.45) is -1.42. The third-order valence-corrected chi connectivity index (χ3v) is 7.62. The van der Waals surface area contributed by atoms with E-state index in [1.165, 1.54) is 41.3 Å². The fourth-order valence-corrected chi connectivity index (χ4v) is 5.19. The number of nitrogens with zero attached hydrogens (tertiary/aromatic N) is 1. The molecule has 2 aromatic rings. The molecule has 0 aliphatic carbocycles. The Hall–Kier alpha value is -4.44. The van der Waals surface area contributed by atoms with E-state index in [0.29, 0.717) is 5.56 Å². The first-order valence-electron chi connectivity index (χ1n) is 13.9. The predicted octanol–water partition coefficient (Wildman–Crippen LogP) is 0.114. The van der Waals surface area contributed by atoms with Crippen LogP contribution in [0.25, 0.3) is 6.08 Å². The lowest BCUT2D eigenvalue weighted by Crippen LogP contribution is -2.60. The van der Waals surface area contributed by atoms with Crippen molar-refractivity contribution >= 4 is 24.0 Å². The third-order valence-electron chi connectivity index (χ3n) is 7.62. The summed E-state index contributed by atoms with van der Waals surface area (Å²) in [5, 5.41) is 69.7. The molecule has 1 saturated heterocycles. The molecule has 7 N–H and O–H groups in total. The number of rotatable bonds is 12. The summed E-state index contributed by atoms with van der Waals surface area (Å²) in [5.74, 6) is -5.78. The molecular formula is C31H34NO13+. The van der Waals surface area contributed by atoms with Crippen molar-refractivity contribution in [2.45, 2.75) is 49.5 Å². The number of carbonyl (C=O) groups is 3.